The molecule has 2 nitrogen and oxygen atoms in total. The van der Waals surface area contributed by atoms with Crippen LogP contribution in [0.5, 0.6) is 0 Å². The minimum Gasteiger partial charge on any atom is -0.393 e. The molecule has 2 rings (SSSR count). The molecule has 0 radical (unpaired) electrons. The molecule has 0 heterocycles. The van der Waals surface area contributed by atoms with Crippen LogP contribution in [0.25, 0.3) is 0 Å². The van der Waals surface area contributed by atoms with E-state index in [1.807, 2.05) is 6.07 Å². The fourth-order valence-electron chi connectivity index (χ4n) is 3.67. The Bertz CT molecular complexity index is 417. The number of aliphatic hydroxyl groups excluding tert-OH is 1. The summed E-state index contributed by atoms with van der Waals surface area (Å²) in [6.45, 7) is 8.43. The molecule has 1 fully saturated rings. The van der Waals surface area contributed by atoms with Crippen molar-refractivity contribution in [3.05, 3.63) is 35.9 Å². The number of hydrogen-bond donors (Lipinski definition) is 1. The molecule has 2 heteroatoms. The number of hydrogen-bond acceptors (Lipinski definition) is 2. The van der Waals surface area contributed by atoms with Crippen LogP contribution in [0.1, 0.15) is 52.0 Å². The van der Waals surface area contributed by atoms with Crippen LogP contribution in [0.2, 0.25) is 0 Å². The maximum Gasteiger partial charge on any atom is 0.0717 e. The molecule has 1 aliphatic carbocycles. The summed E-state index contributed by atoms with van der Waals surface area (Å²) in [4.78, 5) is 0. The second-order valence-corrected chi connectivity index (χ2v) is 7.17. The normalized spacial score (nSPS) is 29.0. The summed E-state index contributed by atoms with van der Waals surface area (Å²) in [7, 11) is 0. The molecule has 0 bridgehead atoms. The molecule has 0 aromatic heterocycles. The first-order valence-corrected chi connectivity index (χ1v) is 8.31. The van der Waals surface area contributed by atoms with E-state index in [-0.39, 0.29) is 11.5 Å². The third-order valence-corrected chi connectivity index (χ3v) is 5.43. The van der Waals surface area contributed by atoms with Crippen LogP contribution in [0.15, 0.2) is 30.3 Å². The van der Waals surface area contributed by atoms with Gasteiger partial charge in [-0.2, -0.15) is 0 Å². The lowest BCUT2D eigenvalue weighted by molar-refractivity contribution is -0.0142. The monoisotopic (exact) mass is 290 g/mol. The highest BCUT2D eigenvalue weighted by atomic mass is 16.5. The van der Waals surface area contributed by atoms with E-state index in [9.17, 15) is 5.11 Å². The van der Waals surface area contributed by atoms with E-state index in [1.165, 1.54) is 12.0 Å². The van der Waals surface area contributed by atoms with Crippen LogP contribution >= 0.6 is 0 Å². The van der Waals surface area contributed by atoms with Crippen molar-refractivity contribution in [2.45, 2.75) is 59.2 Å². The minimum atomic E-state index is -0.108. The Morgan fingerprint density at radius 3 is 2.67 bits per heavy atom. The van der Waals surface area contributed by atoms with Gasteiger partial charge in [0.25, 0.3) is 0 Å². The molecule has 0 unspecified atom stereocenters. The van der Waals surface area contributed by atoms with Gasteiger partial charge >= 0.3 is 0 Å². The third-order valence-electron chi connectivity index (χ3n) is 5.43. The largest absolute Gasteiger partial charge is 0.393 e. The van der Waals surface area contributed by atoms with E-state index in [2.05, 4.69) is 45.0 Å². The van der Waals surface area contributed by atoms with Crippen molar-refractivity contribution in [3.63, 3.8) is 0 Å². The van der Waals surface area contributed by atoms with Crippen molar-refractivity contribution in [3.8, 4) is 0 Å². The predicted octanol–water partition coefficient (Wildman–Crippen LogP) is 4.42. The standard InChI is InChI=1S/C19H30O2/c1-15(13-21-14-17-8-5-4-6-9-17)16(2)19(3)11-7-10-18(20)12-19/h4-6,8-9,15-16,18,20H,7,10-14H2,1-3H3/t15-,16+,18-,19+/m1/s1. The van der Waals surface area contributed by atoms with E-state index >= 15 is 0 Å². The molecule has 118 valence electrons. The van der Waals surface area contributed by atoms with Crippen molar-refractivity contribution < 1.29 is 9.84 Å². The van der Waals surface area contributed by atoms with E-state index in [1.54, 1.807) is 0 Å². The topological polar surface area (TPSA) is 29.5 Å². The number of aliphatic hydroxyl groups is 1. The molecular formula is C19H30O2. The molecule has 1 aromatic carbocycles. The zero-order valence-corrected chi connectivity index (χ0v) is 13.7. The predicted molar refractivity (Wildman–Crippen MR) is 87.0 cm³/mol. The van der Waals surface area contributed by atoms with Crippen molar-refractivity contribution in [2.24, 2.45) is 17.3 Å². The van der Waals surface area contributed by atoms with E-state index < -0.39 is 0 Å². The summed E-state index contributed by atoms with van der Waals surface area (Å²) in [5, 5.41) is 9.97. The lowest BCUT2D eigenvalue weighted by Crippen LogP contribution is -2.38. The number of rotatable bonds is 6. The average molecular weight is 290 g/mol. The van der Waals surface area contributed by atoms with Gasteiger partial charge in [-0.05, 0) is 42.1 Å². The van der Waals surface area contributed by atoms with Crippen molar-refractivity contribution >= 4 is 0 Å². The van der Waals surface area contributed by atoms with Gasteiger partial charge < -0.3 is 9.84 Å². The Morgan fingerprint density at radius 2 is 2.00 bits per heavy atom. The Balaban J connectivity index is 1.80. The zero-order chi connectivity index (χ0) is 15.3. The molecule has 4 atom stereocenters. The van der Waals surface area contributed by atoms with Crippen LogP contribution < -0.4 is 0 Å². The van der Waals surface area contributed by atoms with Crippen molar-refractivity contribution in [2.75, 3.05) is 6.61 Å². The van der Waals surface area contributed by atoms with E-state index in [0.29, 0.717) is 18.4 Å². The molecular weight excluding hydrogens is 260 g/mol. The molecule has 1 saturated carbocycles. The van der Waals surface area contributed by atoms with Gasteiger partial charge in [0.1, 0.15) is 0 Å². The molecule has 21 heavy (non-hydrogen) atoms. The Morgan fingerprint density at radius 1 is 1.29 bits per heavy atom. The Kier molecular flexibility index (Phi) is 5.83. The summed E-state index contributed by atoms with van der Waals surface area (Å²) in [5.74, 6) is 1.09. The van der Waals surface area contributed by atoms with Crippen LogP contribution in [0.3, 0.4) is 0 Å². The maximum atomic E-state index is 9.97. The summed E-state index contributed by atoms with van der Waals surface area (Å²) in [6.07, 6.45) is 4.19. The number of ether oxygens (including phenoxy) is 1. The summed E-state index contributed by atoms with van der Waals surface area (Å²) in [6, 6.07) is 10.3. The summed E-state index contributed by atoms with van der Waals surface area (Å²) < 4.78 is 5.90. The molecule has 0 spiro atoms. The highest BCUT2D eigenvalue weighted by Gasteiger charge is 2.38. The van der Waals surface area contributed by atoms with Gasteiger partial charge in [-0.3, -0.25) is 0 Å². The fourth-order valence-corrected chi connectivity index (χ4v) is 3.67. The summed E-state index contributed by atoms with van der Waals surface area (Å²) >= 11 is 0. The van der Waals surface area contributed by atoms with E-state index in [0.717, 1.165) is 25.9 Å². The second kappa shape index (κ2) is 7.42. The zero-order valence-electron chi connectivity index (χ0n) is 13.7. The van der Waals surface area contributed by atoms with Gasteiger partial charge in [0.15, 0.2) is 0 Å². The van der Waals surface area contributed by atoms with Gasteiger partial charge in [0.2, 0.25) is 0 Å². The van der Waals surface area contributed by atoms with Crippen molar-refractivity contribution in [1.29, 1.82) is 0 Å². The lowest BCUT2D eigenvalue weighted by Gasteiger charge is -2.43. The first-order chi connectivity index (χ1) is 10.0. The molecule has 0 aliphatic heterocycles. The second-order valence-electron chi connectivity index (χ2n) is 7.17. The Labute approximate surface area is 129 Å². The van der Waals surface area contributed by atoms with E-state index in [4.69, 9.17) is 4.74 Å². The average Bonchev–Trinajstić information content (AvgIpc) is 2.47. The van der Waals surface area contributed by atoms with Crippen LogP contribution in [0.4, 0.5) is 0 Å². The molecule has 0 amide bonds. The van der Waals surface area contributed by atoms with Gasteiger partial charge in [-0.1, -0.05) is 57.5 Å². The molecule has 1 aliphatic rings. The lowest BCUT2D eigenvalue weighted by atomic mass is 9.63. The van der Waals surface area contributed by atoms with Crippen LogP contribution in [-0.4, -0.2) is 17.8 Å². The minimum absolute atomic E-state index is 0.108. The highest BCUT2D eigenvalue weighted by molar-refractivity contribution is 5.13. The first kappa shape index (κ1) is 16.5. The highest BCUT2D eigenvalue weighted by Crippen LogP contribution is 2.45. The van der Waals surface area contributed by atoms with Crippen LogP contribution in [-0.2, 0) is 11.3 Å². The van der Waals surface area contributed by atoms with Gasteiger partial charge in [0, 0.05) is 6.61 Å². The third kappa shape index (κ3) is 4.55. The van der Waals surface area contributed by atoms with Gasteiger partial charge in [-0.15, -0.1) is 0 Å². The van der Waals surface area contributed by atoms with Gasteiger partial charge in [-0.25, -0.2) is 0 Å². The maximum absolute atomic E-state index is 9.97. The fraction of sp³-hybridized carbons (Fsp3) is 0.684. The Hall–Kier alpha value is -0.860. The SMILES string of the molecule is C[C@H](COCc1ccccc1)[C@H](C)[C@@]1(C)CCC[C@@H](O)C1. The van der Waals surface area contributed by atoms with Crippen molar-refractivity contribution in [1.82, 2.24) is 0 Å². The van der Waals surface area contributed by atoms with Gasteiger partial charge in [0.05, 0.1) is 12.7 Å². The molecule has 0 saturated heterocycles. The quantitative estimate of drug-likeness (QED) is 0.840. The van der Waals surface area contributed by atoms with Crippen LogP contribution in [0, 0.1) is 17.3 Å². The smallest absolute Gasteiger partial charge is 0.0717 e. The summed E-state index contributed by atoms with van der Waals surface area (Å²) in [5.41, 5.74) is 1.49. The molecule has 1 aromatic rings. The number of benzene rings is 1. The first-order valence-electron chi connectivity index (χ1n) is 8.31. The molecule has 1 N–H and O–H groups in total.